The minimum atomic E-state index is -0.313. The van der Waals surface area contributed by atoms with Gasteiger partial charge in [0.15, 0.2) is 5.69 Å². The molecule has 146 valence electrons. The normalized spacial score (nSPS) is 10.7. The molecule has 0 spiro atoms. The second-order valence-electron chi connectivity index (χ2n) is 6.14. The van der Waals surface area contributed by atoms with E-state index in [9.17, 15) is 4.79 Å². The number of halogens is 1. The number of rotatable bonds is 8. The minimum absolute atomic E-state index is 0.297. The van der Waals surface area contributed by atoms with Crippen LogP contribution in [0.4, 0.5) is 5.69 Å². The Morgan fingerprint density at radius 3 is 2.71 bits per heavy atom. The summed E-state index contributed by atoms with van der Waals surface area (Å²) in [5, 5.41) is 11.7. The molecule has 0 aliphatic rings. The molecule has 28 heavy (non-hydrogen) atoms. The lowest BCUT2D eigenvalue weighted by Gasteiger charge is -2.09. The summed E-state index contributed by atoms with van der Waals surface area (Å²) < 4.78 is 7.10. The van der Waals surface area contributed by atoms with Crippen LogP contribution in [-0.4, -0.2) is 34.1 Å². The number of nitrogens with two attached hydrogens (primary N) is 1. The highest BCUT2D eigenvalue weighted by Crippen LogP contribution is 2.20. The molecule has 0 radical (unpaired) electrons. The Morgan fingerprint density at radius 1 is 1.25 bits per heavy atom. The van der Waals surface area contributed by atoms with E-state index in [2.05, 4.69) is 15.6 Å². The number of nitrogens with zero attached hydrogens (tertiary/aromatic N) is 3. The highest BCUT2D eigenvalue weighted by atomic mass is 35.5. The van der Waals surface area contributed by atoms with Crippen LogP contribution in [-0.2, 0) is 6.42 Å². The van der Waals surface area contributed by atoms with Crippen LogP contribution in [0.15, 0.2) is 48.5 Å². The summed E-state index contributed by atoms with van der Waals surface area (Å²) in [6.45, 7) is 2.93. The molecule has 1 aromatic heterocycles. The van der Waals surface area contributed by atoms with Gasteiger partial charge in [-0.3, -0.25) is 4.79 Å². The van der Waals surface area contributed by atoms with Gasteiger partial charge in [0, 0.05) is 17.3 Å². The van der Waals surface area contributed by atoms with Crippen LogP contribution in [0.2, 0.25) is 5.02 Å². The molecular formula is C20H22ClN5O2. The van der Waals surface area contributed by atoms with E-state index in [1.165, 1.54) is 0 Å². The van der Waals surface area contributed by atoms with Crippen molar-refractivity contribution in [3.63, 3.8) is 0 Å². The van der Waals surface area contributed by atoms with Gasteiger partial charge in [0.2, 0.25) is 0 Å². The molecule has 2 aromatic carbocycles. The number of nitrogens with one attached hydrogen (secondary N) is 1. The molecule has 3 N–H and O–H groups in total. The smallest absolute Gasteiger partial charge is 0.278 e. The summed E-state index contributed by atoms with van der Waals surface area (Å²) >= 11 is 6.09. The number of carbonyl (C=O) groups is 1. The molecule has 0 fully saturated rings. The average Bonchev–Trinajstić information content (AvgIpc) is 3.11. The number of benzene rings is 2. The first kappa shape index (κ1) is 19.9. The molecule has 0 unspecified atom stereocenters. The molecule has 0 aliphatic heterocycles. The summed E-state index contributed by atoms with van der Waals surface area (Å²) in [5.74, 6) is 0.384. The monoisotopic (exact) mass is 399 g/mol. The maximum absolute atomic E-state index is 12.8. The summed E-state index contributed by atoms with van der Waals surface area (Å²) in [6.07, 6.45) is 1.51. The SMILES string of the molecule is CCCc1c(C(=O)Nc2ccc(OCCN)cc2)nnn1-c1cccc(Cl)c1. The van der Waals surface area contributed by atoms with Crippen LogP contribution in [0.1, 0.15) is 29.5 Å². The van der Waals surface area contributed by atoms with E-state index in [4.69, 9.17) is 22.1 Å². The van der Waals surface area contributed by atoms with Crippen molar-refractivity contribution in [1.29, 1.82) is 0 Å². The van der Waals surface area contributed by atoms with Crippen LogP contribution in [0.3, 0.4) is 0 Å². The van der Waals surface area contributed by atoms with E-state index in [1.54, 1.807) is 41.1 Å². The van der Waals surface area contributed by atoms with Gasteiger partial charge in [-0.1, -0.05) is 36.2 Å². The Bertz CT molecular complexity index is 940. The fourth-order valence-electron chi connectivity index (χ4n) is 2.76. The average molecular weight is 400 g/mol. The molecule has 0 aliphatic carbocycles. The van der Waals surface area contributed by atoms with E-state index in [0.29, 0.717) is 41.7 Å². The van der Waals surface area contributed by atoms with Crippen molar-refractivity contribution < 1.29 is 9.53 Å². The van der Waals surface area contributed by atoms with Crippen molar-refractivity contribution in [2.45, 2.75) is 19.8 Å². The molecule has 0 saturated carbocycles. The van der Waals surface area contributed by atoms with Crippen molar-refractivity contribution in [3.05, 3.63) is 64.9 Å². The summed E-state index contributed by atoms with van der Waals surface area (Å²) in [7, 11) is 0. The Kier molecular flexibility index (Phi) is 6.62. The summed E-state index contributed by atoms with van der Waals surface area (Å²) in [4.78, 5) is 12.8. The molecule has 1 heterocycles. The van der Waals surface area contributed by atoms with Gasteiger partial charge >= 0.3 is 0 Å². The Morgan fingerprint density at radius 2 is 2.04 bits per heavy atom. The lowest BCUT2D eigenvalue weighted by molar-refractivity contribution is 0.102. The molecule has 7 nitrogen and oxygen atoms in total. The van der Waals surface area contributed by atoms with E-state index < -0.39 is 0 Å². The highest BCUT2D eigenvalue weighted by molar-refractivity contribution is 6.30. The van der Waals surface area contributed by atoms with Gasteiger partial charge in [0.1, 0.15) is 12.4 Å². The van der Waals surface area contributed by atoms with E-state index in [1.807, 2.05) is 19.1 Å². The number of amides is 1. The lowest BCUT2D eigenvalue weighted by atomic mass is 10.2. The molecular weight excluding hydrogens is 378 g/mol. The third-order valence-corrected chi connectivity index (χ3v) is 4.25. The number of hydrogen-bond acceptors (Lipinski definition) is 5. The zero-order valence-corrected chi connectivity index (χ0v) is 16.3. The molecule has 0 bridgehead atoms. The largest absolute Gasteiger partial charge is 0.492 e. The molecule has 3 aromatic rings. The lowest BCUT2D eigenvalue weighted by Crippen LogP contribution is -2.15. The van der Waals surface area contributed by atoms with Crippen molar-refractivity contribution >= 4 is 23.2 Å². The van der Waals surface area contributed by atoms with Gasteiger partial charge in [-0.15, -0.1) is 5.10 Å². The van der Waals surface area contributed by atoms with Crippen LogP contribution < -0.4 is 15.8 Å². The topological polar surface area (TPSA) is 95.1 Å². The van der Waals surface area contributed by atoms with Crippen LogP contribution >= 0.6 is 11.6 Å². The predicted octanol–water partition coefficient (Wildman–Crippen LogP) is 3.46. The van der Waals surface area contributed by atoms with Gasteiger partial charge in [-0.05, 0) is 48.9 Å². The van der Waals surface area contributed by atoms with Crippen LogP contribution in [0.5, 0.6) is 5.75 Å². The van der Waals surface area contributed by atoms with Gasteiger partial charge in [0.25, 0.3) is 5.91 Å². The zero-order chi connectivity index (χ0) is 19.9. The number of ether oxygens (including phenoxy) is 1. The van der Waals surface area contributed by atoms with Crippen molar-refractivity contribution in [3.8, 4) is 11.4 Å². The fourth-order valence-corrected chi connectivity index (χ4v) is 2.94. The minimum Gasteiger partial charge on any atom is -0.492 e. The second-order valence-corrected chi connectivity index (χ2v) is 6.58. The molecule has 1 amide bonds. The summed E-state index contributed by atoms with van der Waals surface area (Å²) in [5.41, 5.74) is 7.87. The van der Waals surface area contributed by atoms with E-state index in [0.717, 1.165) is 17.8 Å². The predicted molar refractivity (Wildman–Crippen MR) is 109 cm³/mol. The quantitative estimate of drug-likeness (QED) is 0.604. The van der Waals surface area contributed by atoms with Crippen molar-refractivity contribution in [1.82, 2.24) is 15.0 Å². The summed E-state index contributed by atoms with van der Waals surface area (Å²) in [6, 6.07) is 14.4. The third kappa shape index (κ3) is 4.68. The van der Waals surface area contributed by atoms with Crippen molar-refractivity contribution in [2.24, 2.45) is 5.73 Å². The first-order valence-corrected chi connectivity index (χ1v) is 9.45. The number of carbonyl (C=O) groups excluding carboxylic acids is 1. The molecule has 0 atom stereocenters. The third-order valence-electron chi connectivity index (χ3n) is 4.02. The standard InChI is InChI=1S/C20H22ClN5O2/c1-2-4-18-19(24-25-26(18)16-6-3-5-14(21)13-16)20(27)23-15-7-9-17(10-8-15)28-12-11-22/h3,5-10,13H,2,4,11-12,22H2,1H3,(H,23,27). The molecule has 3 rings (SSSR count). The number of aromatic nitrogens is 3. The van der Waals surface area contributed by atoms with Crippen LogP contribution in [0, 0.1) is 0 Å². The van der Waals surface area contributed by atoms with Gasteiger partial charge in [-0.25, -0.2) is 4.68 Å². The number of anilines is 1. The van der Waals surface area contributed by atoms with E-state index in [-0.39, 0.29) is 5.91 Å². The van der Waals surface area contributed by atoms with Crippen molar-refractivity contribution in [2.75, 3.05) is 18.5 Å². The maximum atomic E-state index is 12.8. The van der Waals surface area contributed by atoms with Crippen LogP contribution in [0.25, 0.3) is 5.69 Å². The van der Waals surface area contributed by atoms with E-state index >= 15 is 0 Å². The Labute approximate surface area is 168 Å². The number of hydrogen-bond donors (Lipinski definition) is 2. The van der Waals surface area contributed by atoms with Gasteiger partial charge in [0.05, 0.1) is 11.4 Å². The molecule has 0 saturated heterocycles. The Hall–Kier alpha value is -2.90. The molecule has 8 heteroatoms. The Balaban J connectivity index is 1.81. The maximum Gasteiger partial charge on any atom is 0.278 e. The first-order chi connectivity index (χ1) is 13.6. The highest BCUT2D eigenvalue weighted by Gasteiger charge is 2.20. The van der Waals surface area contributed by atoms with Gasteiger partial charge < -0.3 is 15.8 Å². The fraction of sp³-hybridized carbons (Fsp3) is 0.250. The zero-order valence-electron chi connectivity index (χ0n) is 15.6. The first-order valence-electron chi connectivity index (χ1n) is 9.07. The second kappa shape index (κ2) is 9.34. The van der Waals surface area contributed by atoms with Gasteiger partial charge in [-0.2, -0.15) is 0 Å².